The van der Waals surface area contributed by atoms with Crippen molar-refractivity contribution in [3.63, 3.8) is 0 Å². The molecular formula is C21H20N2O3. The van der Waals surface area contributed by atoms with Crippen LogP contribution < -0.4 is 4.90 Å². The maximum atomic E-state index is 12.7. The summed E-state index contributed by atoms with van der Waals surface area (Å²) in [5.41, 5.74) is 1.92. The van der Waals surface area contributed by atoms with E-state index in [9.17, 15) is 14.4 Å². The summed E-state index contributed by atoms with van der Waals surface area (Å²) in [6.45, 7) is 1.58. The Kier molecular flexibility index (Phi) is 4.29. The van der Waals surface area contributed by atoms with Crippen molar-refractivity contribution in [3.8, 4) is 0 Å². The second kappa shape index (κ2) is 6.75. The van der Waals surface area contributed by atoms with Crippen LogP contribution in [0, 0.1) is 0 Å². The number of imide groups is 1. The molecule has 0 spiro atoms. The number of nitrogens with zero attached hydrogens (tertiary/aromatic N) is 2. The van der Waals surface area contributed by atoms with Crippen molar-refractivity contribution >= 4 is 23.4 Å². The highest BCUT2D eigenvalue weighted by Crippen LogP contribution is 2.28. The lowest BCUT2D eigenvalue weighted by atomic mass is 10.1. The molecule has 0 unspecified atom stereocenters. The molecule has 2 heterocycles. The number of rotatable bonds is 2. The van der Waals surface area contributed by atoms with E-state index in [4.69, 9.17) is 0 Å². The topological polar surface area (TPSA) is 57.7 Å². The van der Waals surface area contributed by atoms with Gasteiger partial charge >= 0.3 is 0 Å². The number of likely N-dealkylation sites (tertiary alicyclic amines) is 1. The van der Waals surface area contributed by atoms with Crippen LogP contribution in [0.1, 0.15) is 56.8 Å². The smallest absolute Gasteiger partial charge is 0.266 e. The molecule has 0 radical (unpaired) electrons. The van der Waals surface area contributed by atoms with Gasteiger partial charge in [-0.25, -0.2) is 4.90 Å². The maximum absolute atomic E-state index is 12.7. The van der Waals surface area contributed by atoms with Crippen LogP contribution in [0.25, 0.3) is 0 Å². The van der Waals surface area contributed by atoms with Gasteiger partial charge in [-0.1, -0.05) is 25.0 Å². The van der Waals surface area contributed by atoms with Gasteiger partial charge in [0.15, 0.2) is 0 Å². The van der Waals surface area contributed by atoms with Gasteiger partial charge in [0.25, 0.3) is 17.7 Å². The third-order valence-corrected chi connectivity index (χ3v) is 5.06. The fraction of sp³-hybridized carbons (Fsp3) is 0.286. The number of carbonyl (C=O) groups is 3. The van der Waals surface area contributed by atoms with Crippen LogP contribution in [0.5, 0.6) is 0 Å². The molecule has 0 bridgehead atoms. The van der Waals surface area contributed by atoms with Crippen LogP contribution in [-0.2, 0) is 0 Å². The number of anilines is 1. The molecule has 5 nitrogen and oxygen atoms in total. The summed E-state index contributed by atoms with van der Waals surface area (Å²) in [5, 5.41) is 0. The largest absolute Gasteiger partial charge is 0.339 e. The first-order chi connectivity index (χ1) is 12.7. The zero-order valence-electron chi connectivity index (χ0n) is 14.5. The van der Waals surface area contributed by atoms with E-state index in [1.165, 1.54) is 17.7 Å². The second-order valence-electron chi connectivity index (χ2n) is 6.74. The molecule has 1 fully saturated rings. The molecule has 4 rings (SSSR count). The van der Waals surface area contributed by atoms with E-state index in [1.54, 1.807) is 48.5 Å². The predicted octanol–water partition coefficient (Wildman–Crippen LogP) is 3.50. The van der Waals surface area contributed by atoms with Gasteiger partial charge in [-0.2, -0.15) is 0 Å². The molecule has 132 valence electrons. The Morgan fingerprint density at radius 1 is 0.731 bits per heavy atom. The Morgan fingerprint density at radius 2 is 1.27 bits per heavy atom. The monoisotopic (exact) mass is 348 g/mol. The Bertz CT molecular complexity index is 830. The van der Waals surface area contributed by atoms with E-state index in [0.717, 1.165) is 25.9 Å². The molecular weight excluding hydrogens is 328 g/mol. The second-order valence-corrected chi connectivity index (χ2v) is 6.74. The van der Waals surface area contributed by atoms with E-state index < -0.39 is 0 Å². The van der Waals surface area contributed by atoms with Crippen LogP contribution in [0.4, 0.5) is 5.69 Å². The summed E-state index contributed by atoms with van der Waals surface area (Å²) in [5.74, 6) is -0.629. The van der Waals surface area contributed by atoms with Gasteiger partial charge in [-0.15, -0.1) is 0 Å². The van der Waals surface area contributed by atoms with Gasteiger partial charge in [0, 0.05) is 18.7 Å². The van der Waals surface area contributed by atoms with Gasteiger partial charge < -0.3 is 4.90 Å². The highest BCUT2D eigenvalue weighted by atomic mass is 16.2. The minimum Gasteiger partial charge on any atom is -0.339 e. The molecule has 0 atom stereocenters. The molecule has 0 N–H and O–H groups in total. The quantitative estimate of drug-likeness (QED) is 0.781. The van der Waals surface area contributed by atoms with Crippen molar-refractivity contribution in [2.45, 2.75) is 25.7 Å². The van der Waals surface area contributed by atoms with E-state index in [0.29, 0.717) is 22.4 Å². The minimum atomic E-state index is -0.322. The van der Waals surface area contributed by atoms with Gasteiger partial charge in [0.05, 0.1) is 16.8 Å². The van der Waals surface area contributed by atoms with Crippen molar-refractivity contribution in [2.24, 2.45) is 0 Å². The van der Waals surface area contributed by atoms with E-state index >= 15 is 0 Å². The molecule has 0 aromatic heterocycles. The lowest BCUT2D eigenvalue weighted by molar-refractivity contribution is 0.0761. The number of amides is 3. The Labute approximate surface area is 152 Å². The first-order valence-corrected chi connectivity index (χ1v) is 9.04. The summed E-state index contributed by atoms with van der Waals surface area (Å²) >= 11 is 0. The van der Waals surface area contributed by atoms with Gasteiger partial charge in [-0.05, 0) is 49.2 Å². The van der Waals surface area contributed by atoms with Crippen LogP contribution >= 0.6 is 0 Å². The number of hydrogen-bond acceptors (Lipinski definition) is 3. The molecule has 1 saturated heterocycles. The van der Waals surface area contributed by atoms with Crippen LogP contribution in [0.15, 0.2) is 48.5 Å². The molecule has 5 heteroatoms. The lowest BCUT2D eigenvalue weighted by Crippen LogP contribution is -2.32. The van der Waals surface area contributed by atoms with E-state index in [2.05, 4.69) is 0 Å². The summed E-state index contributed by atoms with van der Waals surface area (Å²) in [6, 6.07) is 13.6. The normalized spacial score (nSPS) is 17.2. The molecule has 0 aliphatic carbocycles. The van der Waals surface area contributed by atoms with Gasteiger partial charge in [0.1, 0.15) is 0 Å². The third-order valence-electron chi connectivity index (χ3n) is 5.06. The first-order valence-electron chi connectivity index (χ1n) is 9.04. The number of fused-ring (bicyclic) bond motifs is 1. The molecule has 2 aliphatic rings. The van der Waals surface area contributed by atoms with Crippen molar-refractivity contribution in [1.29, 1.82) is 0 Å². The first kappa shape index (κ1) is 16.5. The summed E-state index contributed by atoms with van der Waals surface area (Å²) in [4.78, 5) is 40.8. The summed E-state index contributed by atoms with van der Waals surface area (Å²) in [7, 11) is 0. The van der Waals surface area contributed by atoms with Crippen molar-refractivity contribution in [1.82, 2.24) is 4.90 Å². The molecule has 0 saturated carbocycles. The van der Waals surface area contributed by atoms with Gasteiger partial charge in [-0.3, -0.25) is 14.4 Å². The Morgan fingerprint density at radius 3 is 1.81 bits per heavy atom. The average molecular weight is 348 g/mol. The Hall–Kier alpha value is -2.95. The maximum Gasteiger partial charge on any atom is 0.266 e. The highest BCUT2D eigenvalue weighted by molar-refractivity contribution is 6.34. The number of carbonyl (C=O) groups excluding carboxylic acids is 3. The average Bonchev–Trinajstić information content (AvgIpc) is 2.87. The van der Waals surface area contributed by atoms with Crippen molar-refractivity contribution in [2.75, 3.05) is 18.0 Å². The zero-order valence-corrected chi connectivity index (χ0v) is 14.5. The van der Waals surface area contributed by atoms with E-state index in [1.807, 2.05) is 4.90 Å². The fourth-order valence-electron chi connectivity index (χ4n) is 3.63. The van der Waals surface area contributed by atoms with Gasteiger partial charge in [0.2, 0.25) is 0 Å². The van der Waals surface area contributed by atoms with Crippen molar-refractivity contribution < 1.29 is 14.4 Å². The van der Waals surface area contributed by atoms with Crippen LogP contribution in [0.2, 0.25) is 0 Å². The number of benzene rings is 2. The number of hydrogen-bond donors (Lipinski definition) is 0. The fourth-order valence-corrected chi connectivity index (χ4v) is 3.63. The Balaban J connectivity index is 1.56. The minimum absolute atomic E-state index is 0.0146. The summed E-state index contributed by atoms with van der Waals surface area (Å²) in [6.07, 6.45) is 4.42. The summed E-state index contributed by atoms with van der Waals surface area (Å²) < 4.78 is 0. The SMILES string of the molecule is O=C(c1ccc(N2C(=O)c3ccccc3C2=O)cc1)N1CCCCCC1. The van der Waals surface area contributed by atoms with Crippen LogP contribution in [-0.4, -0.2) is 35.7 Å². The molecule has 2 aromatic carbocycles. The third kappa shape index (κ3) is 2.79. The molecule has 2 aliphatic heterocycles. The molecule has 3 amide bonds. The molecule has 2 aromatic rings. The van der Waals surface area contributed by atoms with Crippen LogP contribution in [0.3, 0.4) is 0 Å². The molecule has 26 heavy (non-hydrogen) atoms. The predicted molar refractivity (Wildman–Crippen MR) is 98.4 cm³/mol. The standard InChI is InChI=1S/C21H20N2O3/c24-19(22-13-5-1-2-6-14-22)15-9-11-16(12-10-15)23-20(25)17-7-3-4-8-18(17)21(23)26/h3-4,7-12H,1-2,5-6,13-14H2. The van der Waals surface area contributed by atoms with Crippen molar-refractivity contribution in [3.05, 3.63) is 65.2 Å². The lowest BCUT2D eigenvalue weighted by Gasteiger charge is -2.21. The van der Waals surface area contributed by atoms with E-state index in [-0.39, 0.29) is 17.7 Å². The highest BCUT2D eigenvalue weighted by Gasteiger charge is 2.36. The zero-order chi connectivity index (χ0) is 18.1.